The van der Waals surface area contributed by atoms with Gasteiger partial charge < -0.3 is 10.6 Å². The number of anilines is 2. The number of hydrogen-bond donors (Lipinski definition) is 2. The molecule has 0 aromatic heterocycles. The molecular formula is C19H24N2O. The summed E-state index contributed by atoms with van der Waals surface area (Å²) in [6.07, 6.45) is 0. The zero-order chi connectivity index (χ0) is 16.2. The molecule has 0 aliphatic heterocycles. The van der Waals surface area contributed by atoms with Crippen LogP contribution in [0.25, 0.3) is 0 Å². The summed E-state index contributed by atoms with van der Waals surface area (Å²) in [6.45, 7) is 8.71. The van der Waals surface area contributed by atoms with Gasteiger partial charge in [0.05, 0.1) is 6.54 Å². The van der Waals surface area contributed by atoms with Crippen LogP contribution in [0.4, 0.5) is 11.4 Å². The van der Waals surface area contributed by atoms with E-state index in [1.54, 1.807) is 0 Å². The molecule has 0 heterocycles. The van der Waals surface area contributed by atoms with E-state index in [4.69, 9.17) is 0 Å². The van der Waals surface area contributed by atoms with Crippen LogP contribution in [-0.2, 0) is 10.2 Å². The third-order valence-electron chi connectivity index (χ3n) is 3.48. The maximum absolute atomic E-state index is 12.2. The lowest BCUT2D eigenvalue weighted by atomic mass is 9.86. The minimum absolute atomic E-state index is 0.00611. The molecule has 0 radical (unpaired) electrons. The van der Waals surface area contributed by atoms with E-state index in [9.17, 15) is 4.79 Å². The molecule has 3 nitrogen and oxygen atoms in total. The van der Waals surface area contributed by atoms with E-state index in [0.717, 1.165) is 16.9 Å². The summed E-state index contributed by atoms with van der Waals surface area (Å²) in [5.74, 6) is -0.0433. The summed E-state index contributed by atoms with van der Waals surface area (Å²) < 4.78 is 0. The van der Waals surface area contributed by atoms with Crippen molar-refractivity contribution in [1.29, 1.82) is 0 Å². The van der Waals surface area contributed by atoms with Gasteiger partial charge in [0.2, 0.25) is 5.91 Å². The summed E-state index contributed by atoms with van der Waals surface area (Å²) in [5, 5.41) is 6.15. The lowest BCUT2D eigenvalue weighted by Gasteiger charge is -2.23. The molecule has 3 heteroatoms. The first kappa shape index (κ1) is 16.1. The molecule has 2 aromatic carbocycles. The molecule has 0 saturated carbocycles. The molecule has 2 N–H and O–H groups in total. The Labute approximate surface area is 132 Å². The van der Waals surface area contributed by atoms with Crippen molar-refractivity contribution in [3.05, 3.63) is 59.7 Å². The number of nitrogens with one attached hydrogen (secondary N) is 2. The Hall–Kier alpha value is -2.29. The number of carbonyl (C=O) groups is 1. The second kappa shape index (κ2) is 6.65. The van der Waals surface area contributed by atoms with Crippen molar-refractivity contribution >= 4 is 17.3 Å². The average molecular weight is 296 g/mol. The van der Waals surface area contributed by atoms with Crippen LogP contribution in [-0.4, -0.2) is 12.5 Å². The molecule has 2 rings (SSSR count). The van der Waals surface area contributed by atoms with Gasteiger partial charge in [-0.1, -0.05) is 51.1 Å². The molecular weight excluding hydrogens is 272 g/mol. The first-order valence-corrected chi connectivity index (χ1v) is 7.56. The Kier molecular flexibility index (Phi) is 4.86. The van der Waals surface area contributed by atoms with E-state index in [1.807, 2.05) is 49.4 Å². The first-order valence-electron chi connectivity index (χ1n) is 7.56. The Morgan fingerprint density at radius 3 is 2.45 bits per heavy atom. The number of amides is 1. The maximum Gasteiger partial charge on any atom is 0.243 e. The Morgan fingerprint density at radius 1 is 1.05 bits per heavy atom. The Bertz CT molecular complexity index is 656. The highest BCUT2D eigenvalue weighted by Crippen LogP contribution is 2.29. The zero-order valence-electron chi connectivity index (χ0n) is 13.7. The predicted octanol–water partition coefficient (Wildman–Crippen LogP) is 4.34. The SMILES string of the molecule is Cc1cccc(NCC(=O)Nc2ccccc2C(C)(C)C)c1. The maximum atomic E-state index is 12.2. The monoisotopic (exact) mass is 296 g/mol. The van der Waals surface area contributed by atoms with Crippen molar-refractivity contribution < 1.29 is 4.79 Å². The quantitative estimate of drug-likeness (QED) is 0.881. The van der Waals surface area contributed by atoms with Crippen LogP contribution in [0.1, 0.15) is 31.9 Å². The van der Waals surface area contributed by atoms with Gasteiger partial charge in [0.25, 0.3) is 0 Å². The van der Waals surface area contributed by atoms with Crippen LogP contribution < -0.4 is 10.6 Å². The highest BCUT2D eigenvalue weighted by molar-refractivity contribution is 5.94. The molecule has 0 unspecified atom stereocenters. The second-order valence-corrected chi connectivity index (χ2v) is 6.57. The number of aryl methyl sites for hydroxylation is 1. The van der Waals surface area contributed by atoms with E-state index in [0.29, 0.717) is 0 Å². The molecule has 0 atom stereocenters. The fourth-order valence-electron chi connectivity index (χ4n) is 2.38. The van der Waals surface area contributed by atoms with Gasteiger partial charge in [-0.05, 0) is 41.7 Å². The Balaban J connectivity index is 2.01. The second-order valence-electron chi connectivity index (χ2n) is 6.57. The smallest absolute Gasteiger partial charge is 0.243 e. The minimum Gasteiger partial charge on any atom is -0.376 e. The van der Waals surface area contributed by atoms with Crippen LogP contribution in [0.2, 0.25) is 0 Å². The van der Waals surface area contributed by atoms with Gasteiger partial charge in [0.15, 0.2) is 0 Å². The van der Waals surface area contributed by atoms with Crippen molar-refractivity contribution in [2.75, 3.05) is 17.2 Å². The molecule has 116 valence electrons. The molecule has 0 aliphatic rings. The van der Waals surface area contributed by atoms with Gasteiger partial charge >= 0.3 is 0 Å². The number of hydrogen-bond acceptors (Lipinski definition) is 2. The van der Waals surface area contributed by atoms with Gasteiger partial charge in [-0.25, -0.2) is 0 Å². The van der Waals surface area contributed by atoms with Crippen molar-refractivity contribution in [2.24, 2.45) is 0 Å². The molecule has 0 saturated heterocycles. The van der Waals surface area contributed by atoms with Crippen LogP contribution in [0.15, 0.2) is 48.5 Å². The number of benzene rings is 2. The van der Waals surface area contributed by atoms with Crippen LogP contribution in [0.5, 0.6) is 0 Å². The van der Waals surface area contributed by atoms with E-state index < -0.39 is 0 Å². The Morgan fingerprint density at radius 2 is 1.77 bits per heavy atom. The van der Waals surface area contributed by atoms with Crippen molar-refractivity contribution in [1.82, 2.24) is 0 Å². The van der Waals surface area contributed by atoms with Gasteiger partial charge in [0.1, 0.15) is 0 Å². The number of rotatable bonds is 4. The van der Waals surface area contributed by atoms with E-state index in [2.05, 4.69) is 37.5 Å². The normalized spacial score (nSPS) is 11.1. The van der Waals surface area contributed by atoms with Crippen LogP contribution in [0, 0.1) is 6.92 Å². The van der Waals surface area contributed by atoms with Crippen LogP contribution in [0.3, 0.4) is 0 Å². The van der Waals surface area contributed by atoms with E-state index >= 15 is 0 Å². The highest BCUT2D eigenvalue weighted by atomic mass is 16.1. The third-order valence-corrected chi connectivity index (χ3v) is 3.48. The molecule has 1 amide bonds. The summed E-state index contributed by atoms with van der Waals surface area (Å²) in [4.78, 5) is 12.2. The van der Waals surface area contributed by atoms with Gasteiger partial charge in [-0.3, -0.25) is 4.79 Å². The number of carbonyl (C=O) groups excluding carboxylic acids is 1. The summed E-state index contributed by atoms with van der Waals surface area (Å²) in [5.41, 5.74) is 4.14. The molecule has 0 spiro atoms. The molecule has 0 aliphatic carbocycles. The summed E-state index contributed by atoms with van der Waals surface area (Å²) >= 11 is 0. The average Bonchev–Trinajstić information content (AvgIpc) is 2.45. The van der Waals surface area contributed by atoms with Crippen molar-refractivity contribution in [3.8, 4) is 0 Å². The van der Waals surface area contributed by atoms with E-state index in [1.165, 1.54) is 5.56 Å². The topological polar surface area (TPSA) is 41.1 Å². The molecule has 2 aromatic rings. The third kappa shape index (κ3) is 4.35. The summed E-state index contributed by atoms with van der Waals surface area (Å²) in [7, 11) is 0. The first-order chi connectivity index (χ1) is 10.4. The highest BCUT2D eigenvalue weighted by Gasteiger charge is 2.18. The molecule has 0 bridgehead atoms. The zero-order valence-corrected chi connectivity index (χ0v) is 13.7. The van der Waals surface area contributed by atoms with Crippen molar-refractivity contribution in [2.45, 2.75) is 33.1 Å². The number of para-hydroxylation sites is 1. The largest absolute Gasteiger partial charge is 0.376 e. The minimum atomic E-state index is -0.0433. The predicted molar refractivity (Wildman–Crippen MR) is 93.4 cm³/mol. The van der Waals surface area contributed by atoms with E-state index in [-0.39, 0.29) is 17.9 Å². The molecule has 22 heavy (non-hydrogen) atoms. The van der Waals surface area contributed by atoms with Gasteiger partial charge in [-0.2, -0.15) is 0 Å². The molecule has 0 fully saturated rings. The fraction of sp³-hybridized carbons (Fsp3) is 0.316. The standard InChI is InChI=1S/C19H24N2O/c1-14-8-7-9-15(12-14)20-13-18(22)21-17-11-6-5-10-16(17)19(2,3)4/h5-12,20H,13H2,1-4H3,(H,21,22). The van der Waals surface area contributed by atoms with Gasteiger partial charge in [-0.15, -0.1) is 0 Å². The van der Waals surface area contributed by atoms with Crippen molar-refractivity contribution in [3.63, 3.8) is 0 Å². The lowest BCUT2D eigenvalue weighted by Crippen LogP contribution is -2.24. The summed E-state index contributed by atoms with van der Waals surface area (Å²) in [6, 6.07) is 15.9. The fourth-order valence-corrected chi connectivity index (χ4v) is 2.38. The van der Waals surface area contributed by atoms with Crippen LogP contribution >= 0.6 is 0 Å². The lowest BCUT2D eigenvalue weighted by molar-refractivity contribution is -0.114. The van der Waals surface area contributed by atoms with Gasteiger partial charge in [0, 0.05) is 11.4 Å².